The lowest BCUT2D eigenvalue weighted by atomic mass is 9.93. The molecule has 1 aromatic carbocycles. The van der Waals surface area contributed by atoms with Crippen molar-refractivity contribution in [3.8, 4) is 0 Å². The fourth-order valence-corrected chi connectivity index (χ4v) is 2.37. The molecule has 1 rings (SSSR count). The molecule has 0 unspecified atom stereocenters. The summed E-state index contributed by atoms with van der Waals surface area (Å²) < 4.78 is 15.0. The minimum atomic E-state index is -1.05. The van der Waals surface area contributed by atoms with Gasteiger partial charge in [0.2, 0.25) is 0 Å². The van der Waals surface area contributed by atoms with Crippen molar-refractivity contribution in [2.45, 2.75) is 20.3 Å². The maximum atomic E-state index is 11.5. The monoisotopic (exact) mass is 363 g/mol. The largest absolute Gasteiger partial charge is 0.478 e. The number of nitrogen functional groups attached to an aromatic ring is 1. The number of carbonyl (C=O) groups excluding carboxylic acids is 1. The van der Waals surface area contributed by atoms with Crippen LogP contribution in [0.3, 0.4) is 0 Å². The maximum Gasteiger partial charge on any atom is 0.330 e. The number of anilines is 1. The fourth-order valence-electron chi connectivity index (χ4n) is 2.37. The van der Waals surface area contributed by atoms with Gasteiger partial charge < -0.3 is 25.1 Å². The number of esters is 1. The topological polar surface area (TPSA) is 108 Å². The van der Waals surface area contributed by atoms with E-state index in [9.17, 15) is 9.59 Å². The number of hydrogen-bond acceptors (Lipinski definition) is 6. The number of rotatable bonds is 10. The van der Waals surface area contributed by atoms with E-state index in [1.807, 2.05) is 6.92 Å². The minimum Gasteiger partial charge on any atom is -0.478 e. The number of carbonyl (C=O) groups is 2. The summed E-state index contributed by atoms with van der Waals surface area (Å²) in [6, 6.07) is 1.74. The van der Waals surface area contributed by atoms with Gasteiger partial charge in [-0.3, -0.25) is 0 Å². The zero-order chi connectivity index (χ0) is 19.5. The summed E-state index contributed by atoms with van der Waals surface area (Å²) in [7, 11) is 1.54. The summed E-state index contributed by atoms with van der Waals surface area (Å²) in [5.74, 6) is -1.52. The maximum absolute atomic E-state index is 11.5. The van der Waals surface area contributed by atoms with Gasteiger partial charge >= 0.3 is 11.9 Å². The van der Waals surface area contributed by atoms with Crippen LogP contribution in [-0.2, 0) is 30.2 Å². The SMILES string of the molecule is CCOC(=O)/C=C/c1cc(/C=C/C(=O)O)c(CCOCOC)c(C)c1N. The van der Waals surface area contributed by atoms with Crippen LogP contribution < -0.4 is 5.73 Å². The van der Waals surface area contributed by atoms with E-state index < -0.39 is 11.9 Å². The van der Waals surface area contributed by atoms with Crippen LogP contribution in [0, 0.1) is 6.92 Å². The Kier molecular flexibility index (Phi) is 9.11. The number of carboxylic acids is 1. The van der Waals surface area contributed by atoms with E-state index in [2.05, 4.69) is 0 Å². The summed E-state index contributed by atoms with van der Waals surface area (Å²) in [5, 5.41) is 8.91. The molecule has 26 heavy (non-hydrogen) atoms. The van der Waals surface area contributed by atoms with E-state index in [0.29, 0.717) is 29.8 Å². The van der Waals surface area contributed by atoms with Crippen molar-refractivity contribution in [1.29, 1.82) is 0 Å². The first-order chi connectivity index (χ1) is 12.4. The highest BCUT2D eigenvalue weighted by molar-refractivity contribution is 5.90. The van der Waals surface area contributed by atoms with E-state index in [1.165, 1.54) is 19.3 Å². The standard InChI is InChI=1S/C19H25NO6/c1-4-26-18(23)8-6-15-11-14(5-7-17(21)22)16(13(2)19(15)20)9-10-25-12-24-3/h5-8,11H,4,9-10,12,20H2,1-3H3,(H,21,22)/b7-5+,8-6+. The Morgan fingerprint density at radius 2 is 1.92 bits per heavy atom. The number of ether oxygens (including phenoxy) is 3. The van der Waals surface area contributed by atoms with Crippen LogP contribution in [0.15, 0.2) is 18.2 Å². The van der Waals surface area contributed by atoms with Crippen molar-refractivity contribution in [2.75, 3.05) is 32.9 Å². The molecule has 0 radical (unpaired) electrons. The van der Waals surface area contributed by atoms with E-state index in [4.69, 9.17) is 25.1 Å². The van der Waals surface area contributed by atoms with Crippen LogP contribution in [0.4, 0.5) is 5.69 Å². The summed E-state index contributed by atoms with van der Waals surface area (Å²) in [6.07, 6.45) is 5.95. The van der Waals surface area contributed by atoms with Crippen molar-refractivity contribution in [3.05, 3.63) is 40.5 Å². The van der Waals surface area contributed by atoms with Gasteiger partial charge in [0.15, 0.2) is 0 Å². The third-order valence-corrected chi connectivity index (χ3v) is 3.62. The van der Waals surface area contributed by atoms with Gasteiger partial charge in [0, 0.05) is 24.9 Å². The van der Waals surface area contributed by atoms with Crippen molar-refractivity contribution < 1.29 is 28.9 Å². The second kappa shape index (κ2) is 11.1. The Bertz CT molecular complexity index is 694. The third kappa shape index (κ3) is 6.70. The molecule has 0 saturated carbocycles. The predicted molar refractivity (Wildman–Crippen MR) is 99.5 cm³/mol. The van der Waals surface area contributed by atoms with Crippen molar-refractivity contribution in [2.24, 2.45) is 0 Å². The Morgan fingerprint density at radius 3 is 2.54 bits per heavy atom. The molecule has 0 bridgehead atoms. The molecule has 0 aliphatic carbocycles. The Hall–Kier alpha value is -2.64. The number of aliphatic carboxylic acids is 1. The van der Waals surface area contributed by atoms with E-state index in [-0.39, 0.29) is 13.4 Å². The molecule has 0 heterocycles. The molecule has 0 amide bonds. The Morgan fingerprint density at radius 1 is 1.23 bits per heavy atom. The molecule has 1 aromatic rings. The van der Waals surface area contributed by atoms with Crippen LogP contribution >= 0.6 is 0 Å². The molecule has 0 aliphatic rings. The van der Waals surface area contributed by atoms with Crippen molar-refractivity contribution >= 4 is 29.8 Å². The quantitative estimate of drug-likeness (QED) is 0.216. The first kappa shape index (κ1) is 21.4. The van der Waals surface area contributed by atoms with Gasteiger partial charge in [-0.05, 0) is 60.7 Å². The lowest BCUT2D eigenvalue weighted by molar-refractivity contribution is -0.137. The van der Waals surface area contributed by atoms with E-state index >= 15 is 0 Å². The van der Waals surface area contributed by atoms with E-state index in [0.717, 1.165) is 17.2 Å². The number of nitrogens with two attached hydrogens (primary N) is 1. The van der Waals surface area contributed by atoms with Gasteiger partial charge in [-0.1, -0.05) is 0 Å². The van der Waals surface area contributed by atoms with Gasteiger partial charge in [0.1, 0.15) is 6.79 Å². The number of methoxy groups -OCH3 is 1. The molecule has 0 spiro atoms. The molecule has 0 saturated heterocycles. The molecule has 7 nitrogen and oxygen atoms in total. The average molecular weight is 363 g/mol. The third-order valence-electron chi connectivity index (χ3n) is 3.62. The lowest BCUT2D eigenvalue weighted by Crippen LogP contribution is -2.07. The van der Waals surface area contributed by atoms with Crippen LogP contribution in [0.25, 0.3) is 12.2 Å². The van der Waals surface area contributed by atoms with Gasteiger partial charge in [0.05, 0.1) is 13.2 Å². The number of benzene rings is 1. The van der Waals surface area contributed by atoms with E-state index in [1.54, 1.807) is 19.1 Å². The van der Waals surface area contributed by atoms with Crippen LogP contribution in [-0.4, -0.2) is 44.2 Å². The molecule has 0 aromatic heterocycles. The first-order valence-corrected chi connectivity index (χ1v) is 8.15. The van der Waals surface area contributed by atoms with Crippen LogP contribution in [0.5, 0.6) is 0 Å². The summed E-state index contributed by atoms with van der Waals surface area (Å²) in [4.78, 5) is 22.4. The highest BCUT2D eigenvalue weighted by Crippen LogP contribution is 2.28. The summed E-state index contributed by atoms with van der Waals surface area (Å²) >= 11 is 0. The summed E-state index contributed by atoms with van der Waals surface area (Å²) in [5.41, 5.74) is 9.70. The molecule has 0 atom stereocenters. The predicted octanol–water partition coefficient (Wildman–Crippen LogP) is 2.41. The lowest BCUT2D eigenvalue weighted by Gasteiger charge is -2.15. The molecule has 0 aliphatic heterocycles. The zero-order valence-corrected chi connectivity index (χ0v) is 15.3. The number of carboxylic acid groups (broad SMARTS) is 1. The fraction of sp³-hybridized carbons (Fsp3) is 0.368. The highest BCUT2D eigenvalue weighted by Gasteiger charge is 2.11. The molecule has 0 fully saturated rings. The second-order valence-corrected chi connectivity index (χ2v) is 5.39. The van der Waals surface area contributed by atoms with Gasteiger partial charge in [0.25, 0.3) is 0 Å². The first-order valence-electron chi connectivity index (χ1n) is 8.15. The Labute approximate surface area is 153 Å². The molecular formula is C19H25NO6. The molecule has 7 heteroatoms. The van der Waals surface area contributed by atoms with Gasteiger partial charge in [-0.2, -0.15) is 0 Å². The van der Waals surface area contributed by atoms with Crippen molar-refractivity contribution in [1.82, 2.24) is 0 Å². The zero-order valence-electron chi connectivity index (χ0n) is 15.3. The molecule has 3 N–H and O–H groups in total. The highest BCUT2D eigenvalue weighted by atomic mass is 16.7. The average Bonchev–Trinajstić information content (AvgIpc) is 2.60. The second-order valence-electron chi connectivity index (χ2n) is 5.39. The minimum absolute atomic E-state index is 0.176. The van der Waals surface area contributed by atoms with Crippen LogP contribution in [0.2, 0.25) is 0 Å². The van der Waals surface area contributed by atoms with Crippen molar-refractivity contribution in [3.63, 3.8) is 0 Å². The molecular weight excluding hydrogens is 338 g/mol. The Balaban J connectivity index is 3.22. The summed E-state index contributed by atoms with van der Waals surface area (Å²) in [6.45, 7) is 4.43. The smallest absolute Gasteiger partial charge is 0.330 e. The number of hydrogen-bond donors (Lipinski definition) is 2. The molecule has 142 valence electrons. The normalized spacial score (nSPS) is 11.3. The van der Waals surface area contributed by atoms with Gasteiger partial charge in [-0.15, -0.1) is 0 Å². The van der Waals surface area contributed by atoms with Gasteiger partial charge in [-0.25, -0.2) is 9.59 Å². The van der Waals surface area contributed by atoms with Crippen LogP contribution in [0.1, 0.15) is 29.2 Å².